The van der Waals surface area contributed by atoms with Gasteiger partial charge in [0.2, 0.25) is 0 Å². The minimum Gasteiger partial charge on any atom is -0.203 e. The molecule has 0 heterocycles. The highest BCUT2D eigenvalue weighted by atomic mass is 19.2. The van der Waals surface area contributed by atoms with Gasteiger partial charge in [-0.05, 0) is 47.1 Å². The van der Waals surface area contributed by atoms with Gasteiger partial charge in [0.15, 0.2) is 23.3 Å². The predicted molar refractivity (Wildman–Crippen MR) is 145 cm³/mol. The van der Waals surface area contributed by atoms with Crippen LogP contribution in [0.15, 0.2) is 72.8 Å². The Kier molecular flexibility index (Phi) is 8.60. The van der Waals surface area contributed by atoms with Crippen LogP contribution in [0.5, 0.6) is 0 Å². The third-order valence-corrected chi connectivity index (χ3v) is 6.55. The second-order valence-corrected chi connectivity index (χ2v) is 9.24. The van der Waals surface area contributed by atoms with Crippen molar-refractivity contribution in [2.45, 2.75) is 46.0 Å². The topological polar surface area (TPSA) is 0 Å². The van der Waals surface area contributed by atoms with Gasteiger partial charge in [0.1, 0.15) is 0 Å². The Hall–Kier alpha value is -3.66. The van der Waals surface area contributed by atoms with Crippen molar-refractivity contribution in [3.63, 3.8) is 0 Å². The molecule has 0 bridgehead atoms. The second-order valence-electron chi connectivity index (χ2n) is 9.24. The molecule has 0 atom stereocenters. The fourth-order valence-electron chi connectivity index (χ4n) is 4.39. The van der Waals surface area contributed by atoms with Crippen LogP contribution in [-0.4, -0.2) is 0 Å². The molecule has 0 radical (unpaired) electrons. The molecule has 0 N–H and O–H groups in total. The summed E-state index contributed by atoms with van der Waals surface area (Å²) < 4.78 is 58.8. The van der Waals surface area contributed by atoms with Crippen LogP contribution in [0.4, 0.5) is 17.6 Å². The zero-order chi connectivity index (χ0) is 26.4. The summed E-state index contributed by atoms with van der Waals surface area (Å²) in [5, 5.41) is 0. The highest BCUT2D eigenvalue weighted by Crippen LogP contribution is 2.32. The molecule has 0 amide bonds. The van der Waals surface area contributed by atoms with E-state index in [2.05, 4.69) is 6.92 Å². The summed E-state index contributed by atoms with van der Waals surface area (Å²) in [7, 11) is 0. The van der Waals surface area contributed by atoms with Crippen molar-refractivity contribution >= 4 is 12.2 Å². The molecule has 0 aliphatic heterocycles. The summed E-state index contributed by atoms with van der Waals surface area (Å²) in [6, 6.07) is 20.7. The minimum atomic E-state index is -0.904. The van der Waals surface area contributed by atoms with E-state index in [9.17, 15) is 13.2 Å². The lowest BCUT2D eigenvalue weighted by molar-refractivity contribution is 0.495. The number of aryl methyl sites for hydroxylation is 2. The van der Waals surface area contributed by atoms with Crippen LogP contribution in [-0.2, 0) is 12.8 Å². The lowest BCUT2D eigenvalue weighted by atomic mass is 9.97. The molecule has 0 aromatic heterocycles. The number of hydrogen-bond donors (Lipinski definition) is 0. The van der Waals surface area contributed by atoms with Crippen molar-refractivity contribution in [3.8, 4) is 22.3 Å². The fraction of sp³-hybridized carbons (Fsp3) is 0.212. The Bertz CT molecular complexity index is 1380. The van der Waals surface area contributed by atoms with E-state index < -0.39 is 23.3 Å². The number of benzene rings is 4. The van der Waals surface area contributed by atoms with Crippen molar-refractivity contribution < 1.29 is 17.6 Å². The Morgan fingerprint density at radius 1 is 0.541 bits per heavy atom. The van der Waals surface area contributed by atoms with Crippen LogP contribution < -0.4 is 0 Å². The predicted octanol–water partition coefficient (Wildman–Crippen LogP) is 10.0. The lowest BCUT2D eigenvalue weighted by Crippen LogP contribution is -1.97. The molecule has 0 aliphatic carbocycles. The largest absolute Gasteiger partial charge is 0.203 e. The van der Waals surface area contributed by atoms with Crippen molar-refractivity contribution in [1.29, 1.82) is 0 Å². The van der Waals surface area contributed by atoms with Gasteiger partial charge in [-0.15, -0.1) is 0 Å². The van der Waals surface area contributed by atoms with E-state index >= 15 is 4.39 Å². The summed E-state index contributed by atoms with van der Waals surface area (Å²) in [5.74, 6) is -3.45. The molecular weight excluding hydrogens is 472 g/mol. The summed E-state index contributed by atoms with van der Waals surface area (Å²) in [6.45, 7) is 4.10. The molecule has 4 aromatic carbocycles. The van der Waals surface area contributed by atoms with Crippen LogP contribution >= 0.6 is 0 Å². The zero-order valence-electron chi connectivity index (χ0n) is 21.1. The van der Waals surface area contributed by atoms with Gasteiger partial charge >= 0.3 is 0 Å². The molecule has 4 heteroatoms. The molecule has 37 heavy (non-hydrogen) atoms. The maximum atomic E-state index is 15.0. The summed E-state index contributed by atoms with van der Waals surface area (Å²) >= 11 is 0. The van der Waals surface area contributed by atoms with Gasteiger partial charge in [0.05, 0.1) is 0 Å². The highest BCUT2D eigenvalue weighted by molar-refractivity contribution is 5.75. The first-order valence-electron chi connectivity index (χ1n) is 12.8. The Labute approximate surface area is 216 Å². The van der Waals surface area contributed by atoms with E-state index in [1.807, 2.05) is 31.2 Å². The smallest absolute Gasteiger partial charge is 0.167 e. The van der Waals surface area contributed by atoms with Gasteiger partial charge in [-0.2, -0.15) is 0 Å². The van der Waals surface area contributed by atoms with Crippen LogP contribution in [0.2, 0.25) is 0 Å². The van der Waals surface area contributed by atoms with Gasteiger partial charge in [-0.3, -0.25) is 0 Å². The molecule has 0 unspecified atom stereocenters. The number of halogens is 4. The number of rotatable bonds is 9. The number of unbranched alkanes of at least 4 members (excludes halogenated alkanes) is 1. The van der Waals surface area contributed by atoms with Gasteiger partial charge < -0.3 is 0 Å². The van der Waals surface area contributed by atoms with Gasteiger partial charge in [0.25, 0.3) is 0 Å². The van der Waals surface area contributed by atoms with Crippen molar-refractivity contribution in [2.24, 2.45) is 0 Å². The van der Waals surface area contributed by atoms with E-state index in [1.54, 1.807) is 54.6 Å². The van der Waals surface area contributed by atoms with Crippen LogP contribution in [0.1, 0.15) is 55.4 Å². The van der Waals surface area contributed by atoms with E-state index in [4.69, 9.17) is 0 Å². The normalized spacial score (nSPS) is 11.4. The van der Waals surface area contributed by atoms with Gasteiger partial charge in [-0.25, -0.2) is 17.6 Å². The Morgan fingerprint density at radius 2 is 1.14 bits per heavy atom. The average Bonchev–Trinajstić information content (AvgIpc) is 2.92. The van der Waals surface area contributed by atoms with Crippen molar-refractivity contribution in [3.05, 3.63) is 118 Å². The first-order chi connectivity index (χ1) is 17.9. The number of hydrogen-bond acceptors (Lipinski definition) is 0. The molecule has 0 aliphatic rings. The standard InChI is InChI=1S/C33H30F4/c1-3-5-7-26-18-19-27(31(35)30(26)34)17-12-23-10-15-25(16-11-23)29-21-20-28(32(36)33(29)37)24-13-8-22(6-4-2)9-14-24/h8-21H,3-7H2,1-2H3. The molecule has 190 valence electrons. The summed E-state index contributed by atoms with van der Waals surface area (Å²) in [4.78, 5) is 0. The van der Waals surface area contributed by atoms with Crippen molar-refractivity contribution in [1.82, 2.24) is 0 Å². The Morgan fingerprint density at radius 3 is 1.70 bits per heavy atom. The average molecular weight is 503 g/mol. The van der Waals surface area contributed by atoms with Gasteiger partial charge in [-0.1, -0.05) is 112 Å². The molecule has 0 saturated heterocycles. The zero-order valence-corrected chi connectivity index (χ0v) is 21.1. The lowest BCUT2D eigenvalue weighted by Gasteiger charge is -2.10. The first-order valence-corrected chi connectivity index (χ1v) is 12.8. The molecule has 0 saturated carbocycles. The maximum Gasteiger partial charge on any atom is 0.167 e. The van der Waals surface area contributed by atoms with Crippen molar-refractivity contribution in [2.75, 3.05) is 0 Å². The molecule has 4 rings (SSSR count). The van der Waals surface area contributed by atoms with Crippen LogP contribution in [0.25, 0.3) is 34.4 Å². The van der Waals surface area contributed by atoms with E-state index in [-0.39, 0.29) is 16.7 Å². The third-order valence-electron chi connectivity index (χ3n) is 6.55. The molecule has 0 spiro atoms. The maximum absolute atomic E-state index is 15.0. The highest BCUT2D eigenvalue weighted by Gasteiger charge is 2.16. The fourth-order valence-corrected chi connectivity index (χ4v) is 4.39. The molecular formula is C33H30F4. The van der Waals surface area contributed by atoms with E-state index in [0.717, 1.165) is 36.8 Å². The minimum absolute atomic E-state index is 0.160. The van der Waals surface area contributed by atoms with Crippen LogP contribution in [0, 0.1) is 23.3 Å². The monoisotopic (exact) mass is 502 g/mol. The molecule has 0 nitrogen and oxygen atoms in total. The summed E-state index contributed by atoms with van der Waals surface area (Å²) in [5.41, 5.74) is 3.97. The third kappa shape index (κ3) is 6.02. The molecule has 0 fully saturated rings. The first kappa shape index (κ1) is 26.4. The Balaban J connectivity index is 1.52. The second kappa shape index (κ2) is 12.1. The van der Waals surface area contributed by atoms with E-state index in [1.165, 1.54) is 6.08 Å². The van der Waals surface area contributed by atoms with Crippen LogP contribution in [0.3, 0.4) is 0 Å². The molecule has 4 aromatic rings. The SMILES string of the molecule is CCCCc1ccc(C=Cc2ccc(-c3ccc(-c4ccc(CCC)cc4)c(F)c3F)cc2)c(F)c1F. The van der Waals surface area contributed by atoms with E-state index in [0.29, 0.717) is 23.1 Å². The summed E-state index contributed by atoms with van der Waals surface area (Å²) in [6.07, 6.45) is 7.36. The van der Waals surface area contributed by atoms with Gasteiger partial charge in [0, 0.05) is 16.7 Å². The quantitative estimate of drug-likeness (QED) is 0.158.